The number of nitrogens with one attached hydrogen (secondary N) is 1. The number of carbonyl (C=O) groups is 1. The van der Waals surface area contributed by atoms with Crippen molar-refractivity contribution in [2.45, 2.75) is 19.1 Å². The van der Waals surface area contributed by atoms with E-state index in [9.17, 15) is 4.79 Å². The maximum absolute atomic E-state index is 10.3. The molecule has 0 radical (unpaired) electrons. The molecule has 2 N–H and O–H groups in total. The van der Waals surface area contributed by atoms with Gasteiger partial charge in [0.2, 0.25) is 0 Å². The lowest BCUT2D eigenvalue weighted by Crippen LogP contribution is -2.46. The van der Waals surface area contributed by atoms with Crippen molar-refractivity contribution in [3.63, 3.8) is 0 Å². The van der Waals surface area contributed by atoms with Crippen molar-refractivity contribution < 1.29 is 14.6 Å². The zero-order valence-corrected chi connectivity index (χ0v) is 7.06. The molecule has 1 saturated heterocycles. The van der Waals surface area contributed by atoms with Crippen LogP contribution in [0.3, 0.4) is 0 Å². The van der Waals surface area contributed by atoms with E-state index in [1.165, 1.54) is 0 Å². The van der Waals surface area contributed by atoms with Gasteiger partial charge in [0.15, 0.2) is 6.10 Å². The zero-order valence-electron chi connectivity index (χ0n) is 6.24. The molecule has 0 spiro atoms. The summed E-state index contributed by atoms with van der Waals surface area (Å²) in [5, 5.41) is 11.5. The number of hydrogen-bond acceptors (Lipinski definition) is 3. The Labute approximate surface area is 71.3 Å². The lowest BCUT2D eigenvalue weighted by Gasteiger charge is -2.25. The van der Waals surface area contributed by atoms with Gasteiger partial charge in [0.1, 0.15) is 0 Å². The van der Waals surface area contributed by atoms with Gasteiger partial charge in [0, 0.05) is 13.1 Å². The third-order valence-electron chi connectivity index (χ3n) is 1.43. The van der Waals surface area contributed by atoms with Crippen molar-refractivity contribution in [1.29, 1.82) is 0 Å². The number of aliphatic carboxylic acids is 1. The number of halogens is 1. The number of hydrogen-bond donors (Lipinski definition) is 2. The monoisotopic (exact) mass is 181 g/mol. The molecule has 1 fully saturated rings. The Bertz CT molecular complexity index is 142. The molecule has 0 aliphatic carbocycles. The summed E-state index contributed by atoms with van der Waals surface area (Å²) in [4.78, 5) is 10.3. The molecule has 1 aliphatic heterocycles. The van der Waals surface area contributed by atoms with Crippen molar-refractivity contribution in [3.05, 3.63) is 0 Å². The van der Waals surface area contributed by atoms with E-state index in [1.807, 2.05) is 6.92 Å². The van der Waals surface area contributed by atoms with Crippen molar-refractivity contribution >= 4 is 18.4 Å². The second-order valence-corrected chi connectivity index (χ2v) is 2.43. The number of carboxylic acid groups (broad SMARTS) is 1. The Hall–Kier alpha value is -0.320. The van der Waals surface area contributed by atoms with E-state index < -0.39 is 12.1 Å². The van der Waals surface area contributed by atoms with Crippen LogP contribution in [0.5, 0.6) is 0 Å². The minimum atomic E-state index is -0.890. The lowest BCUT2D eigenvalue weighted by molar-refractivity contribution is -0.156. The van der Waals surface area contributed by atoms with Gasteiger partial charge in [-0.2, -0.15) is 0 Å². The minimum Gasteiger partial charge on any atom is -0.479 e. The van der Waals surface area contributed by atoms with Crippen LogP contribution in [-0.2, 0) is 9.53 Å². The zero-order chi connectivity index (χ0) is 7.56. The maximum atomic E-state index is 10.3. The second-order valence-electron chi connectivity index (χ2n) is 2.43. The fourth-order valence-corrected chi connectivity index (χ4v) is 0.940. The van der Waals surface area contributed by atoms with E-state index in [4.69, 9.17) is 9.84 Å². The Kier molecular flexibility index (Phi) is 4.40. The number of rotatable bonds is 1. The fraction of sp³-hybridized carbons (Fsp3) is 0.833. The van der Waals surface area contributed by atoms with Gasteiger partial charge >= 0.3 is 5.97 Å². The van der Waals surface area contributed by atoms with Crippen LogP contribution in [0.2, 0.25) is 0 Å². The van der Waals surface area contributed by atoms with E-state index in [1.54, 1.807) is 0 Å². The Morgan fingerprint density at radius 1 is 1.64 bits per heavy atom. The molecule has 0 aromatic carbocycles. The highest BCUT2D eigenvalue weighted by Crippen LogP contribution is 2.02. The van der Waals surface area contributed by atoms with Gasteiger partial charge in [0.05, 0.1) is 6.10 Å². The van der Waals surface area contributed by atoms with Gasteiger partial charge in [-0.15, -0.1) is 12.4 Å². The largest absolute Gasteiger partial charge is 0.479 e. The first-order valence-corrected chi connectivity index (χ1v) is 3.29. The molecule has 5 heteroatoms. The molecule has 11 heavy (non-hydrogen) atoms. The molecular formula is C6H12ClNO3. The molecule has 0 aromatic rings. The molecule has 1 rings (SSSR count). The summed E-state index contributed by atoms with van der Waals surface area (Å²) in [5.41, 5.74) is 0. The van der Waals surface area contributed by atoms with Gasteiger partial charge in [-0.3, -0.25) is 0 Å². The summed E-state index contributed by atoms with van der Waals surface area (Å²) < 4.78 is 5.09. The molecule has 1 aliphatic rings. The predicted molar refractivity (Wildman–Crippen MR) is 42.1 cm³/mol. The summed E-state index contributed by atoms with van der Waals surface area (Å²) in [6, 6.07) is 0. The van der Waals surface area contributed by atoms with Crippen molar-refractivity contribution in [2.75, 3.05) is 13.1 Å². The molecule has 1 heterocycles. The number of morpholine rings is 1. The van der Waals surface area contributed by atoms with Gasteiger partial charge < -0.3 is 15.2 Å². The highest BCUT2D eigenvalue weighted by Gasteiger charge is 2.24. The highest BCUT2D eigenvalue weighted by molar-refractivity contribution is 5.85. The summed E-state index contributed by atoms with van der Waals surface area (Å²) >= 11 is 0. The quantitative estimate of drug-likeness (QED) is 0.592. The van der Waals surface area contributed by atoms with Crippen LogP contribution in [0.1, 0.15) is 6.92 Å². The molecule has 0 unspecified atom stereocenters. The molecular weight excluding hydrogens is 170 g/mol. The second kappa shape index (κ2) is 4.54. The molecule has 66 valence electrons. The number of carboxylic acids is 1. The van der Waals surface area contributed by atoms with E-state index in [-0.39, 0.29) is 18.5 Å². The van der Waals surface area contributed by atoms with E-state index >= 15 is 0 Å². The third kappa shape index (κ3) is 3.05. The van der Waals surface area contributed by atoms with Gasteiger partial charge in [-0.05, 0) is 6.92 Å². The maximum Gasteiger partial charge on any atom is 0.334 e. The molecule has 4 nitrogen and oxygen atoms in total. The lowest BCUT2D eigenvalue weighted by atomic mass is 10.2. The van der Waals surface area contributed by atoms with Crippen LogP contribution in [-0.4, -0.2) is 36.4 Å². The first-order valence-electron chi connectivity index (χ1n) is 3.29. The first-order chi connectivity index (χ1) is 4.70. The smallest absolute Gasteiger partial charge is 0.334 e. The molecule has 2 atom stereocenters. The van der Waals surface area contributed by atoms with Crippen molar-refractivity contribution in [3.8, 4) is 0 Å². The van der Waals surface area contributed by atoms with E-state index in [2.05, 4.69) is 5.32 Å². The Balaban J connectivity index is 0.000001000. The summed E-state index contributed by atoms with van der Waals surface area (Å²) in [7, 11) is 0. The van der Waals surface area contributed by atoms with Gasteiger partial charge in [-0.25, -0.2) is 4.79 Å². The van der Waals surface area contributed by atoms with E-state index in [0.717, 1.165) is 6.54 Å². The predicted octanol–water partition coefficient (Wildman–Crippen LogP) is -0.130. The van der Waals surface area contributed by atoms with Crippen LogP contribution in [0.15, 0.2) is 0 Å². The van der Waals surface area contributed by atoms with E-state index in [0.29, 0.717) is 6.54 Å². The van der Waals surface area contributed by atoms with Crippen LogP contribution in [0, 0.1) is 0 Å². The van der Waals surface area contributed by atoms with Crippen molar-refractivity contribution in [2.24, 2.45) is 0 Å². The summed E-state index contributed by atoms with van der Waals surface area (Å²) in [6.07, 6.45) is -0.654. The summed E-state index contributed by atoms with van der Waals surface area (Å²) in [6.45, 7) is 3.01. The van der Waals surface area contributed by atoms with Gasteiger partial charge in [-0.1, -0.05) is 0 Å². The average Bonchev–Trinajstić information content (AvgIpc) is 1.88. The van der Waals surface area contributed by atoms with Crippen LogP contribution in [0.4, 0.5) is 0 Å². The average molecular weight is 182 g/mol. The first kappa shape index (κ1) is 10.7. The minimum absolute atomic E-state index is 0. The van der Waals surface area contributed by atoms with Gasteiger partial charge in [0.25, 0.3) is 0 Å². The molecule has 0 bridgehead atoms. The molecule has 0 aromatic heterocycles. The normalized spacial score (nSPS) is 30.6. The molecule has 0 saturated carbocycles. The van der Waals surface area contributed by atoms with Crippen molar-refractivity contribution in [1.82, 2.24) is 5.32 Å². The topological polar surface area (TPSA) is 58.6 Å². The third-order valence-corrected chi connectivity index (χ3v) is 1.43. The fourth-order valence-electron chi connectivity index (χ4n) is 0.940. The molecule has 0 amide bonds. The van der Waals surface area contributed by atoms with Crippen LogP contribution >= 0.6 is 12.4 Å². The Morgan fingerprint density at radius 2 is 2.27 bits per heavy atom. The number of ether oxygens (including phenoxy) is 1. The summed E-state index contributed by atoms with van der Waals surface area (Å²) in [5.74, 6) is -0.890. The SMILES string of the molecule is C[C@H]1CNC[C@@H](C(=O)O)O1.Cl. The Morgan fingerprint density at radius 3 is 2.64 bits per heavy atom. The van der Waals surface area contributed by atoms with Crippen LogP contribution in [0.25, 0.3) is 0 Å². The van der Waals surface area contributed by atoms with Crippen LogP contribution < -0.4 is 5.32 Å². The highest BCUT2D eigenvalue weighted by atomic mass is 35.5. The standard InChI is InChI=1S/C6H11NO3.ClH/c1-4-2-7-3-5(10-4)6(8)9;/h4-5,7H,2-3H2,1H3,(H,8,9);1H/t4-,5-;/m0./s1.